The molecule has 0 atom stereocenters. The summed E-state index contributed by atoms with van der Waals surface area (Å²) in [7, 11) is 0. The highest BCUT2D eigenvalue weighted by Gasteiger charge is 2.39. The maximum atomic E-state index is 12.8. The molecule has 0 heterocycles. The van der Waals surface area contributed by atoms with Crippen LogP contribution in [0, 0.1) is 0 Å². The zero-order chi connectivity index (χ0) is 13.8. The fourth-order valence-electron chi connectivity index (χ4n) is 3.06. The lowest BCUT2D eigenvalue weighted by Crippen LogP contribution is -2.36. The maximum Gasteiger partial charge on any atom is 0.324 e. The van der Waals surface area contributed by atoms with Crippen LogP contribution in [0.1, 0.15) is 37.7 Å². The van der Waals surface area contributed by atoms with Gasteiger partial charge in [-0.05, 0) is 37.7 Å². The monoisotopic (exact) mass is 268 g/mol. The van der Waals surface area contributed by atoms with Crippen LogP contribution in [0.3, 0.4) is 0 Å². The van der Waals surface area contributed by atoms with E-state index in [1.807, 2.05) is 54.6 Å². The molecule has 0 unspecified atom stereocenters. The summed E-state index contributed by atoms with van der Waals surface area (Å²) in [5, 5.41) is 0. The molecule has 2 aliphatic carbocycles. The number of carbonyl (C=O) groups is 1. The predicted octanol–water partition coefficient (Wildman–Crippen LogP) is 3.93. The van der Waals surface area contributed by atoms with Gasteiger partial charge in [0.2, 0.25) is 0 Å². The van der Waals surface area contributed by atoms with E-state index in [4.69, 9.17) is 4.74 Å². The van der Waals surface area contributed by atoms with Crippen LogP contribution in [-0.2, 0) is 14.9 Å². The third-order valence-electron chi connectivity index (χ3n) is 4.20. The molecule has 0 N–H and O–H groups in total. The van der Waals surface area contributed by atoms with Crippen LogP contribution in [0.5, 0.6) is 0 Å². The highest BCUT2D eigenvalue weighted by molar-refractivity contribution is 5.89. The van der Waals surface area contributed by atoms with Gasteiger partial charge in [-0.25, -0.2) is 0 Å². The van der Waals surface area contributed by atoms with Gasteiger partial charge in [-0.1, -0.05) is 54.6 Å². The standard InChI is InChI=1S/C18H20O2/c19-17(20-16-11-5-6-12-16)18(13-7-2-8-14-18)15-9-3-1-4-10-15/h1,3-4,7-10,13-14,16H,2,5-6,11-12H2. The van der Waals surface area contributed by atoms with Gasteiger partial charge >= 0.3 is 5.97 Å². The van der Waals surface area contributed by atoms with E-state index in [1.165, 1.54) is 12.8 Å². The first-order valence-electron chi connectivity index (χ1n) is 7.43. The zero-order valence-electron chi connectivity index (χ0n) is 11.6. The van der Waals surface area contributed by atoms with Crippen LogP contribution < -0.4 is 0 Å². The molecule has 104 valence electrons. The van der Waals surface area contributed by atoms with Gasteiger partial charge in [0.15, 0.2) is 0 Å². The van der Waals surface area contributed by atoms with Crippen LogP contribution >= 0.6 is 0 Å². The number of carbonyl (C=O) groups excluding carboxylic acids is 1. The second kappa shape index (κ2) is 5.66. The van der Waals surface area contributed by atoms with Gasteiger partial charge in [0, 0.05) is 0 Å². The summed E-state index contributed by atoms with van der Waals surface area (Å²) >= 11 is 0. The zero-order valence-corrected chi connectivity index (χ0v) is 11.6. The summed E-state index contributed by atoms with van der Waals surface area (Å²) in [5.74, 6) is -0.136. The molecule has 0 bridgehead atoms. The second-order valence-electron chi connectivity index (χ2n) is 5.59. The summed E-state index contributed by atoms with van der Waals surface area (Å²) in [6.45, 7) is 0. The molecule has 0 saturated heterocycles. The third kappa shape index (κ3) is 2.43. The molecular weight excluding hydrogens is 248 g/mol. The number of hydrogen-bond acceptors (Lipinski definition) is 2. The number of hydrogen-bond donors (Lipinski definition) is 0. The fraction of sp³-hybridized carbons (Fsp3) is 0.389. The summed E-state index contributed by atoms with van der Waals surface area (Å²) in [6, 6.07) is 9.90. The first-order chi connectivity index (χ1) is 9.81. The van der Waals surface area contributed by atoms with E-state index in [0.717, 1.165) is 24.8 Å². The summed E-state index contributed by atoms with van der Waals surface area (Å²) in [4.78, 5) is 12.8. The topological polar surface area (TPSA) is 26.3 Å². The smallest absolute Gasteiger partial charge is 0.324 e. The Morgan fingerprint density at radius 2 is 1.70 bits per heavy atom. The lowest BCUT2D eigenvalue weighted by atomic mass is 9.77. The summed E-state index contributed by atoms with van der Waals surface area (Å²) < 4.78 is 5.77. The molecule has 1 saturated carbocycles. The van der Waals surface area contributed by atoms with E-state index in [-0.39, 0.29) is 12.1 Å². The lowest BCUT2D eigenvalue weighted by molar-refractivity contribution is -0.152. The number of rotatable bonds is 3. The molecule has 2 aliphatic rings. The molecule has 0 aliphatic heterocycles. The molecule has 1 fully saturated rings. The summed E-state index contributed by atoms with van der Waals surface area (Å²) in [6.07, 6.45) is 13.4. The number of benzene rings is 1. The first-order valence-corrected chi connectivity index (χ1v) is 7.43. The SMILES string of the molecule is O=C(OC1CCCC1)C1(c2ccccc2)C=CCC=C1. The molecule has 20 heavy (non-hydrogen) atoms. The number of ether oxygens (including phenoxy) is 1. The third-order valence-corrected chi connectivity index (χ3v) is 4.20. The maximum absolute atomic E-state index is 12.8. The van der Waals surface area contributed by atoms with E-state index >= 15 is 0 Å². The Kier molecular flexibility index (Phi) is 3.72. The van der Waals surface area contributed by atoms with Crippen molar-refractivity contribution in [2.24, 2.45) is 0 Å². The van der Waals surface area contributed by atoms with Crippen molar-refractivity contribution in [2.75, 3.05) is 0 Å². The molecule has 0 amide bonds. The van der Waals surface area contributed by atoms with Gasteiger partial charge in [-0.3, -0.25) is 4.79 Å². The van der Waals surface area contributed by atoms with E-state index < -0.39 is 5.41 Å². The van der Waals surface area contributed by atoms with Crippen molar-refractivity contribution in [2.45, 2.75) is 43.6 Å². The Labute approximate surface area is 120 Å². The number of esters is 1. The largest absolute Gasteiger partial charge is 0.461 e. The minimum Gasteiger partial charge on any atom is -0.461 e. The predicted molar refractivity (Wildman–Crippen MR) is 79.4 cm³/mol. The van der Waals surface area contributed by atoms with Crippen molar-refractivity contribution >= 4 is 5.97 Å². The highest BCUT2D eigenvalue weighted by atomic mass is 16.5. The molecule has 3 rings (SSSR count). The van der Waals surface area contributed by atoms with Gasteiger partial charge < -0.3 is 4.74 Å². The number of allylic oxidation sites excluding steroid dienone is 2. The molecule has 1 aromatic rings. The Morgan fingerprint density at radius 1 is 1.05 bits per heavy atom. The van der Waals surface area contributed by atoms with Gasteiger partial charge in [0.05, 0.1) is 0 Å². The van der Waals surface area contributed by atoms with Crippen molar-refractivity contribution in [1.82, 2.24) is 0 Å². The van der Waals surface area contributed by atoms with E-state index in [0.29, 0.717) is 0 Å². The van der Waals surface area contributed by atoms with Gasteiger partial charge in [-0.2, -0.15) is 0 Å². The minimum absolute atomic E-state index is 0.104. The van der Waals surface area contributed by atoms with Crippen LogP contribution in [0.25, 0.3) is 0 Å². The molecular formula is C18H20O2. The average molecular weight is 268 g/mol. The minimum atomic E-state index is -0.734. The molecule has 0 aromatic heterocycles. The Morgan fingerprint density at radius 3 is 2.35 bits per heavy atom. The van der Waals surface area contributed by atoms with Crippen molar-refractivity contribution in [3.63, 3.8) is 0 Å². The van der Waals surface area contributed by atoms with Crippen molar-refractivity contribution in [1.29, 1.82) is 0 Å². The fourth-order valence-corrected chi connectivity index (χ4v) is 3.06. The molecule has 0 radical (unpaired) electrons. The van der Waals surface area contributed by atoms with Crippen molar-refractivity contribution < 1.29 is 9.53 Å². The van der Waals surface area contributed by atoms with Crippen molar-refractivity contribution in [3.8, 4) is 0 Å². The van der Waals surface area contributed by atoms with E-state index in [1.54, 1.807) is 0 Å². The summed E-state index contributed by atoms with van der Waals surface area (Å²) in [5.41, 5.74) is 0.248. The lowest BCUT2D eigenvalue weighted by Gasteiger charge is -2.29. The molecule has 2 heteroatoms. The average Bonchev–Trinajstić information content (AvgIpc) is 3.02. The normalized spacial score (nSPS) is 21.0. The highest BCUT2D eigenvalue weighted by Crippen LogP contribution is 2.34. The Hall–Kier alpha value is -1.83. The van der Waals surface area contributed by atoms with Gasteiger partial charge in [0.1, 0.15) is 11.5 Å². The van der Waals surface area contributed by atoms with Crippen molar-refractivity contribution in [3.05, 3.63) is 60.2 Å². The van der Waals surface area contributed by atoms with E-state index in [2.05, 4.69) is 0 Å². The van der Waals surface area contributed by atoms with E-state index in [9.17, 15) is 4.79 Å². The Bertz CT molecular complexity index is 510. The second-order valence-corrected chi connectivity index (χ2v) is 5.59. The Balaban J connectivity index is 1.90. The van der Waals surface area contributed by atoms with Crippen LogP contribution in [-0.4, -0.2) is 12.1 Å². The first kappa shape index (κ1) is 13.2. The van der Waals surface area contributed by atoms with Crippen LogP contribution in [0.15, 0.2) is 54.6 Å². The van der Waals surface area contributed by atoms with Gasteiger partial charge in [-0.15, -0.1) is 0 Å². The molecule has 0 spiro atoms. The molecule has 1 aromatic carbocycles. The van der Waals surface area contributed by atoms with Crippen LogP contribution in [0.2, 0.25) is 0 Å². The van der Waals surface area contributed by atoms with Crippen LogP contribution in [0.4, 0.5) is 0 Å². The quantitative estimate of drug-likeness (QED) is 0.613. The molecule has 2 nitrogen and oxygen atoms in total. The van der Waals surface area contributed by atoms with Gasteiger partial charge in [0.25, 0.3) is 0 Å².